The number of hydrogen-bond acceptors (Lipinski definition) is 11. The highest BCUT2D eigenvalue weighted by Gasteiger charge is 2.69. The van der Waals surface area contributed by atoms with E-state index in [0.29, 0.717) is 22.1 Å². The summed E-state index contributed by atoms with van der Waals surface area (Å²) in [5, 5.41) is 47.2. The van der Waals surface area contributed by atoms with Crippen LogP contribution < -0.4 is 5.73 Å². The highest BCUT2D eigenvalue weighted by Crippen LogP contribution is 2.58. The van der Waals surface area contributed by atoms with Gasteiger partial charge in [-0.15, -0.1) is 0 Å². The number of carbonyl (C=O) groups excluding carboxylic acids is 4. The molecule has 0 saturated heterocycles. The fourth-order valence-electron chi connectivity index (χ4n) is 7.73. The maximum Gasteiger partial charge on any atom is 0.293 e. The van der Waals surface area contributed by atoms with Gasteiger partial charge in [0, 0.05) is 34.0 Å². The van der Waals surface area contributed by atoms with E-state index in [4.69, 9.17) is 10.5 Å². The molecule has 0 bridgehead atoms. The van der Waals surface area contributed by atoms with Crippen molar-refractivity contribution in [3.63, 3.8) is 0 Å². The second-order valence-corrected chi connectivity index (χ2v) is 14.8. The number of benzene rings is 1. The van der Waals surface area contributed by atoms with Crippen molar-refractivity contribution < 1.29 is 44.3 Å². The number of carbonyl (C=O) groups is 4. The molecular weight excluding hydrogens is 588 g/mol. The van der Waals surface area contributed by atoms with Gasteiger partial charge < -0.3 is 30.9 Å². The van der Waals surface area contributed by atoms with Crippen molar-refractivity contribution in [2.24, 2.45) is 17.6 Å². The SMILES string of the molecule is CN(C)[C@@H]1C(=O)C(C(N)=O)=C(O)[C@@]2(O)C(=O)C3=C(O)c4c(ccc(C(C)(C)C)c4O)C(CSC4CCCC4)C3C(OC=O)C12. The van der Waals surface area contributed by atoms with E-state index in [1.54, 1.807) is 23.9 Å². The summed E-state index contributed by atoms with van der Waals surface area (Å²) in [5.74, 6) is -8.36. The molecule has 12 heteroatoms. The standard InChI is InChI=1S/C32H40N2O9S/c1-31(2,3)17-11-10-15-16(12-44-14-8-6-7-9-14)18-20(25(37)19(15)24(17)36)28(39)32(42)22(27(18)43-13-35)23(34(4)5)26(38)21(29(32)40)30(33)41/h10-11,13-14,16,18,22-23,27,36-37,40,42H,6-9,12H2,1-5H3,(H2,33,41)/t16?,18?,22?,23-,27?,32-/m0/s1. The Bertz CT molecular complexity index is 1490. The topological polar surface area (TPSA) is 188 Å². The fraction of sp³-hybridized carbons (Fsp3) is 0.562. The third-order valence-corrected chi connectivity index (χ3v) is 11.2. The lowest BCUT2D eigenvalue weighted by Gasteiger charge is -2.54. The summed E-state index contributed by atoms with van der Waals surface area (Å²) in [6, 6.07) is 2.16. The van der Waals surface area contributed by atoms with Crippen LogP contribution >= 0.6 is 11.8 Å². The van der Waals surface area contributed by atoms with Gasteiger partial charge in [0.1, 0.15) is 28.9 Å². The average Bonchev–Trinajstić information content (AvgIpc) is 3.45. The Morgan fingerprint density at radius 3 is 2.34 bits per heavy atom. The third-order valence-electron chi connectivity index (χ3n) is 9.74. The molecule has 4 aliphatic rings. The van der Waals surface area contributed by atoms with Crippen molar-refractivity contribution in [1.82, 2.24) is 4.90 Å². The second kappa shape index (κ2) is 11.2. The van der Waals surface area contributed by atoms with Gasteiger partial charge in [0.05, 0.1) is 17.5 Å². The first-order valence-electron chi connectivity index (χ1n) is 14.8. The molecule has 6 N–H and O–H groups in total. The van der Waals surface area contributed by atoms with Gasteiger partial charge in [-0.25, -0.2) is 0 Å². The van der Waals surface area contributed by atoms with Crippen LogP contribution in [0.15, 0.2) is 29.0 Å². The van der Waals surface area contributed by atoms with E-state index in [0.717, 1.165) is 25.7 Å². The van der Waals surface area contributed by atoms with E-state index in [1.807, 2.05) is 20.8 Å². The van der Waals surface area contributed by atoms with E-state index in [1.165, 1.54) is 19.0 Å². The van der Waals surface area contributed by atoms with E-state index >= 15 is 0 Å². The van der Waals surface area contributed by atoms with Crippen LogP contribution in [0.5, 0.6) is 5.75 Å². The number of ketones is 2. The van der Waals surface area contributed by atoms with E-state index < -0.39 is 75.5 Å². The zero-order valence-electron chi connectivity index (χ0n) is 25.5. The van der Waals surface area contributed by atoms with Crippen LogP contribution in [0.3, 0.4) is 0 Å². The van der Waals surface area contributed by atoms with Crippen molar-refractivity contribution in [2.75, 3.05) is 19.8 Å². The Hall–Kier alpha value is -3.35. The number of thioether (sulfide) groups is 1. The summed E-state index contributed by atoms with van der Waals surface area (Å²) in [6.07, 6.45) is 2.80. The zero-order chi connectivity index (χ0) is 32.5. The number of rotatable bonds is 7. The number of hydrogen-bond donors (Lipinski definition) is 5. The molecule has 0 aliphatic heterocycles. The molecule has 1 amide bonds. The summed E-state index contributed by atoms with van der Waals surface area (Å²) in [7, 11) is 2.98. The highest BCUT2D eigenvalue weighted by atomic mass is 32.2. The van der Waals surface area contributed by atoms with Crippen LogP contribution in [0.4, 0.5) is 0 Å². The number of phenols is 1. The number of amides is 1. The third kappa shape index (κ3) is 4.64. The van der Waals surface area contributed by atoms with E-state index in [-0.39, 0.29) is 23.4 Å². The second-order valence-electron chi connectivity index (χ2n) is 13.5. The molecular formula is C32H40N2O9S. The lowest BCUT2D eigenvalue weighted by Crippen LogP contribution is -2.71. The molecule has 238 valence electrons. The Morgan fingerprint density at radius 2 is 1.80 bits per heavy atom. The van der Waals surface area contributed by atoms with Crippen molar-refractivity contribution in [3.05, 3.63) is 45.7 Å². The smallest absolute Gasteiger partial charge is 0.293 e. The minimum Gasteiger partial charge on any atom is -0.508 e. The number of aliphatic hydroxyl groups excluding tert-OH is 2. The minimum atomic E-state index is -2.96. The number of Topliss-reactive ketones (excluding diaryl/α,β-unsaturated/α-hetero) is 2. The van der Waals surface area contributed by atoms with Crippen LogP contribution in [0.2, 0.25) is 0 Å². The number of nitrogens with zero attached hydrogens (tertiary/aromatic N) is 1. The summed E-state index contributed by atoms with van der Waals surface area (Å²) >= 11 is 1.69. The van der Waals surface area contributed by atoms with Gasteiger partial charge in [-0.1, -0.05) is 45.7 Å². The molecule has 0 radical (unpaired) electrons. The van der Waals surface area contributed by atoms with Crippen molar-refractivity contribution in [3.8, 4) is 5.75 Å². The molecule has 1 aromatic rings. The van der Waals surface area contributed by atoms with Gasteiger partial charge in [-0.2, -0.15) is 11.8 Å². The Kier molecular flexibility index (Phi) is 8.18. The van der Waals surface area contributed by atoms with Crippen LogP contribution in [-0.4, -0.2) is 92.1 Å². The number of ether oxygens (including phenoxy) is 1. The molecule has 1 aromatic carbocycles. The van der Waals surface area contributed by atoms with Crippen LogP contribution in [0.25, 0.3) is 5.76 Å². The molecule has 6 atom stereocenters. The molecule has 11 nitrogen and oxygen atoms in total. The van der Waals surface area contributed by atoms with Gasteiger partial charge in [-0.3, -0.25) is 24.1 Å². The lowest BCUT2D eigenvalue weighted by molar-refractivity contribution is -0.178. The molecule has 0 aromatic heterocycles. The van der Waals surface area contributed by atoms with Crippen LogP contribution in [-0.2, 0) is 29.3 Å². The first-order chi connectivity index (χ1) is 20.6. The first-order valence-corrected chi connectivity index (χ1v) is 15.9. The van der Waals surface area contributed by atoms with Gasteiger partial charge >= 0.3 is 0 Å². The average molecular weight is 629 g/mol. The van der Waals surface area contributed by atoms with Gasteiger partial charge in [-0.05, 0) is 37.9 Å². The first kappa shape index (κ1) is 32.1. The maximum absolute atomic E-state index is 14.6. The number of aromatic hydroxyl groups is 1. The summed E-state index contributed by atoms with van der Waals surface area (Å²) in [4.78, 5) is 54.0. The number of phenolic OH excluding ortho intramolecular Hbond substituents is 1. The molecule has 0 heterocycles. The van der Waals surface area contributed by atoms with E-state index in [2.05, 4.69) is 0 Å². The molecule has 2 saturated carbocycles. The summed E-state index contributed by atoms with van der Waals surface area (Å²) in [5.41, 5.74) is 1.71. The van der Waals surface area contributed by atoms with Crippen molar-refractivity contribution in [2.45, 2.75) is 80.8 Å². The number of nitrogens with two attached hydrogens (primary N) is 1. The van der Waals surface area contributed by atoms with Gasteiger partial charge in [0.25, 0.3) is 12.4 Å². The normalized spacial score (nSPS) is 30.8. The molecule has 2 fully saturated rings. The predicted octanol–water partition coefficient (Wildman–Crippen LogP) is 2.63. The van der Waals surface area contributed by atoms with Gasteiger partial charge in [0.2, 0.25) is 5.78 Å². The fourth-order valence-corrected chi connectivity index (χ4v) is 9.27. The minimum absolute atomic E-state index is 0.0237. The number of likely N-dealkylation sites (N-methyl/N-ethyl adjacent to an activating group) is 1. The molecule has 4 aliphatic carbocycles. The Labute approximate surface area is 260 Å². The van der Waals surface area contributed by atoms with Crippen molar-refractivity contribution in [1.29, 1.82) is 0 Å². The van der Waals surface area contributed by atoms with Gasteiger partial charge in [0.15, 0.2) is 11.4 Å². The van der Waals surface area contributed by atoms with Crippen LogP contribution in [0.1, 0.15) is 69.1 Å². The molecule has 0 spiro atoms. The summed E-state index contributed by atoms with van der Waals surface area (Å²) in [6.45, 7) is 5.81. The molecule has 4 unspecified atom stereocenters. The highest BCUT2D eigenvalue weighted by molar-refractivity contribution is 7.99. The summed E-state index contributed by atoms with van der Waals surface area (Å²) < 4.78 is 5.64. The lowest BCUT2D eigenvalue weighted by atomic mass is 9.54. The largest absolute Gasteiger partial charge is 0.508 e. The Balaban J connectivity index is 1.82. The van der Waals surface area contributed by atoms with Crippen LogP contribution in [0, 0.1) is 11.8 Å². The van der Waals surface area contributed by atoms with Crippen molar-refractivity contribution >= 4 is 41.5 Å². The maximum atomic E-state index is 14.6. The molecule has 5 rings (SSSR count). The quantitative estimate of drug-likeness (QED) is 0.221. The Morgan fingerprint density at radius 1 is 1.16 bits per heavy atom. The number of aliphatic hydroxyl groups is 3. The molecule has 44 heavy (non-hydrogen) atoms. The number of primary amides is 1. The zero-order valence-corrected chi connectivity index (χ0v) is 26.3. The number of fused-ring (bicyclic) bond motifs is 3. The van der Waals surface area contributed by atoms with E-state index in [9.17, 15) is 39.6 Å². The monoisotopic (exact) mass is 628 g/mol. The predicted molar refractivity (Wildman–Crippen MR) is 163 cm³/mol.